The highest BCUT2D eigenvalue weighted by Gasteiger charge is 2.29. The Morgan fingerprint density at radius 3 is 2.71 bits per heavy atom. The molecule has 0 saturated carbocycles. The van der Waals surface area contributed by atoms with Crippen molar-refractivity contribution in [1.82, 2.24) is 0 Å². The molecule has 1 aliphatic rings. The van der Waals surface area contributed by atoms with E-state index in [0.29, 0.717) is 11.0 Å². The van der Waals surface area contributed by atoms with Crippen molar-refractivity contribution >= 4 is 17.7 Å². The zero-order valence-corrected chi connectivity index (χ0v) is 9.18. The van der Waals surface area contributed by atoms with Gasteiger partial charge in [-0.25, -0.2) is 0 Å². The predicted octanol–water partition coefficient (Wildman–Crippen LogP) is 0.701. The van der Waals surface area contributed by atoms with Gasteiger partial charge in [0.25, 0.3) is 0 Å². The normalized spacial score (nSPS) is 23.0. The lowest BCUT2D eigenvalue weighted by molar-refractivity contribution is -0.141. The number of carboxylic acid groups (broad SMARTS) is 1. The number of carbonyl (C=O) groups is 1. The van der Waals surface area contributed by atoms with Crippen LogP contribution < -0.4 is 5.73 Å². The first-order chi connectivity index (χ1) is 6.52. The maximum atomic E-state index is 10.7. The quantitative estimate of drug-likeness (QED) is 0.728. The molecule has 0 bridgehead atoms. The van der Waals surface area contributed by atoms with E-state index in [2.05, 4.69) is 0 Å². The monoisotopic (exact) mass is 219 g/mol. The predicted molar refractivity (Wildman–Crippen MR) is 56.5 cm³/mol. The van der Waals surface area contributed by atoms with Gasteiger partial charge in [0.2, 0.25) is 0 Å². The second-order valence-electron chi connectivity index (χ2n) is 3.85. The molecule has 0 aromatic carbocycles. The lowest BCUT2D eigenvalue weighted by Crippen LogP contribution is -2.47. The molecule has 82 valence electrons. The Labute approximate surface area is 88.2 Å². The second-order valence-corrected chi connectivity index (χ2v) is 5.13. The molecular formula is C9H17NO3S. The van der Waals surface area contributed by atoms with E-state index in [1.165, 1.54) is 0 Å². The van der Waals surface area contributed by atoms with Crippen LogP contribution in [0.15, 0.2) is 0 Å². The maximum Gasteiger partial charge on any atom is 0.324 e. The first-order valence-corrected chi connectivity index (χ1v) is 5.79. The van der Waals surface area contributed by atoms with E-state index in [-0.39, 0.29) is 0 Å². The van der Waals surface area contributed by atoms with Crippen LogP contribution in [0.1, 0.15) is 19.8 Å². The van der Waals surface area contributed by atoms with Gasteiger partial charge in [-0.15, -0.1) is 0 Å². The van der Waals surface area contributed by atoms with Crippen molar-refractivity contribution in [3.63, 3.8) is 0 Å². The highest BCUT2D eigenvalue weighted by molar-refractivity contribution is 8.00. The van der Waals surface area contributed by atoms with Crippen LogP contribution in [-0.2, 0) is 9.53 Å². The minimum absolute atomic E-state index is 0.465. The summed E-state index contributed by atoms with van der Waals surface area (Å²) in [6.07, 6.45) is 2.00. The third kappa shape index (κ3) is 3.48. The van der Waals surface area contributed by atoms with Crippen LogP contribution >= 0.6 is 11.8 Å². The minimum atomic E-state index is -1.11. The van der Waals surface area contributed by atoms with Crippen LogP contribution in [0.5, 0.6) is 0 Å². The molecule has 0 spiro atoms. The van der Waals surface area contributed by atoms with Crippen molar-refractivity contribution in [2.75, 3.05) is 19.0 Å². The molecule has 5 heteroatoms. The van der Waals surface area contributed by atoms with Crippen LogP contribution in [0.4, 0.5) is 0 Å². The number of nitrogens with two attached hydrogens (primary N) is 1. The van der Waals surface area contributed by atoms with E-state index >= 15 is 0 Å². The summed E-state index contributed by atoms with van der Waals surface area (Å²) in [7, 11) is 0. The summed E-state index contributed by atoms with van der Waals surface area (Å²) < 4.78 is 5.22. The molecule has 1 atom stereocenters. The summed E-state index contributed by atoms with van der Waals surface area (Å²) in [6, 6.07) is 0. The molecule has 14 heavy (non-hydrogen) atoms. The van der Waals surface area contributed by atoms with Crippen molar-refractivity contribution in [1.29, 1.82) is 0 Å². The van der Waals surface area contributed by atoms with Gasteiger partial charge in [-0.2, -0.15) is 11.8 Å². The van der Waals surface area contributed by atoms with Crippen molar-refractivity contribution in [3.8, 4) is 0 Å². The first kappa shape index (κ1) is 11.8. The summed E-state index contributed by atoms with van der Waals surface area (Å²) in [6.45, 7) is 3.12. The maximum absolute atomic E-state index is 10.7. The van der Waals surface area contributed by atoms with Crippen LogP contribution in [0.3, 0.4) is 0 Å². The standard InChI is InChI=1S/C9H17NO3S/c1-9(10,8(11)12)6-14-7-2-4-13-5-3-7/h7H,2-6,10H2,1H3,(H,11,12). The first-order valence-electron chi connectivity index (χ1n) is 4.74. The van der Waals surface area contributed by atoms with E-state index in [9.17, 15) is 4.79 Å². The van der Waals surface area contributed by atoms with Crippen LogP contribution in [0.25, 0.3) is 0 Å². The Balaban J connectivity index is 2.28. The SMILES string of the molecule is CC(N)(CSC1CCOCC1)C(=O)O. The lowest BCUT2D eigenvalue weighted by atomic mass is 10.1. The van der Waals surface area contributed by atoms with Gasteiger partial charge in [0.05, 0.1) is 0 Å². The van der Waals surface area contributed by atoms with Gasteiger partial charge in [-0.3, -0.25) is 4.79 Å². The Hall–Kier alpha value is -0.260. The molecule has 1 heterocycles. The number of hydrogen-bond donors (Lipinski definition) is 2. The van der Waals surface area contributed by atoms with Gasteiger partial charge in [-0.05, 0) is 19.8 Å². The van der Waals surface area contributed by atoms with Gasteiger partial charge >= 0.3 is 5.97 Å². The average Bonchev–Trinajstić information content (AvgIpc) is 2.16. The number of carboxylic acids is 1. The third-order valence-electron chi connectivity index (χ3n) is 2.28. The zero-order valence-electron chi connectivity index (χ0n) is 8.36. The molecule has 1 unspecified atom stereocenters. The highest BCUT2D eigenvalue weighted by atomic mass is 32.2. The van der Waals surface area contributed by atoms with Gasteiger partial charge in [-0.1, -0.05) is 0 Å². The van der Waals surface area contributed by atoms with E-state index in [1.54, 1.807) is 18.7 Å². The molecule has 1 aliphatic heterocycles. The van der Waals surface area contributed by atoms with E-state index < -0.39 is 11.5 Å². The molecule has 4 nitrogen and oxygen atoms in total. The number of aliphatic carboxylic acids is 1. The second kappa shape index (κ2) is 5.00. The van der Waals surface area contributed by atoms with Crippen LogP contribution in [0.2, 0.25) is 0 Å². The van der Waals surface area contributed by atoms with Crippen LogP contribution in [-0.4, -0.2) is 40.8 Å². The van der Waals surface area contributed by atoms with E-state index in [0.717, 1.165) is 26.1 Å². The molecule has 0 amide bonds. The van der Waals surface area contributed by atoms with E-state index in [1.807, 2.05) is 0 Å². The number of thioether (sulfide) groups is 1. The number of rotatable bonds is 4. The van der Waals surface area contributed by atoms with Crippen molar-refractivity contribution in [2.24, 2.45) is 5.73 Å². The minimum Gasteiger partial charge on any atom is -0.480 e. The molecule has 0 aromatic rings. The fraction of sp³-hybridized carbons (Fsp3) is 0.889. The Morgan fingerprint density at radius 1 is 1.64 bits per heavy atom. The Morgan fingerprint density at radius 2 is 2.21 bits per heavy atom. The van der Waals surface area contributed by atoms with Gasteiger partial charge < -0.3 is 15.6 Å². The number of ether oxygens (including phenoxy) is 1. The largest absolute Gasteiger partial charge is 0.480 e. The van der Waals surface area contributed by atoms with Crippen molar-refractivity contribution in [2.45, 2.75) is 30.6 Å². The fourth-order valence-corrected chi connectivity index (χ4v) is 2.43. The van der Waals surface area contributed by atoms with Crippen molar-refractivity contribution in [3.05, 3.63) is 0 Å². The molecule has 0 aliphatic carbocycles. The Kier molecular flexibility index (Phi) is 4.22. The molecule has 0 aromatic heterocycles. The Bertz CT molecular complexity index is 202. The lowest BCUT2D eigenvalue weighted by Gasteiger charge is -2.25. The smallest absolute Gasteiger partial charge is 0.324 e. The summed E-state index contributed by atoms with van der Waals surface area (Å²) in [5, 5.41) is 9.31. The summed E-state index contributed by atoms with van der Waals surface area (Å²) >= 11 is 1.65. The van der Waals surface area contributed by atoms with Gasteiger partial charge in [0, 0.05) is 24.2 Å². The highest BCUT2D eigenvalue weighted by Crippen LogP contribution is 2.24. The summed E-state index contributed by atoms with van der Waals surface area (Å²) in [5.74, 6) is -0.468. The molecule has 1 saturated heterocycles. The third-order valence-corrected chi connectivity index (χ3v) is 3.98. The van der Waals surface area contributed by atoms with Gasteiger partial charge in [0.1, 0.15) is 5.54 Å². The molecular weight excluding hydrogens is 202 g/mol. The zero-order chi connectivity index (χ0) is 10.6. The summed E-state index contributed by atoms with van der Waals surface area (Å²) in [4.78, 5) is 10.7. The average molecular weight is 219 g/mol. The fourth-order valence-electron chi connectivity index (χ4n) is 1.20. The van der Waals surface area contributed by atoms with Gasteiger partial charge in [0.15, 0.2) is 0 Å². The van der Waals surface area contributed by atoms with Crippen molar-refractivity contribution < 1.29 is 14.6 Å². The number of hydrogen-bond acceptors (Lipinski definition) is 4. The van der Waals surface area contributed by atoms with E-state index in [4.69, 9.17) is 15.6 Å². The topological polar surface area (TPSA) is 72.5 Å². The van der Waals surface area contributed by atoms with Crippen LogP contribution in [0, 0.1) is 0 Å². The molecule has 3 N–H and O–H groups in total. The molecule has 0 radical (unpaired) electrons. The molecule has 1 fully saturated rings. The summed E-state index contributed by atoms with van der Waals surface area (Å²) in [5.41, 5.74) is 4.52. The molecule has 1 rings (SSSR count).